The Morgan fingerprint density at radius 1 is 1.36 bits per heavy atom. The fourth-order valence-corrected chi connectivity index (χ4v) is 1.79. The van der Waals surface area contributed by atoms with Gasteiger partial charge in [-0.1, -0.05) is 0 Å². The molecule has 0 aromatic rings. The maximum absolute atomic E-state index is 5.30. The second kappa shape index (κ2) is 3.15. The van der Waals surface area contributed by atoms with E-state index in [4.69, 9.17) is 9.47 Å². The lowest BCUT2D eigenvalue weighted by Crippen LogP contribution is -2.32. The molecule has 0 aromatic heterocycles. The molecule has 0 atom stereocenters. The molecule has 0 bridgehead atoms. The standard InChI is InChI=1S/C10H11N2O2/c1-7-3-13-5-11-9(7)2-10-8(1)4-14-6-12-10/h1-2,11H,3-6H2/q+1. The van der Waals surface area contributed by atoms with Crippen molar-refractivity contribution in [1.82, 2.24) is 5.32 Å². The van der Waals surface area contributed by atoms with Crippen molar-refractivity contribution >= 4 is 5.71 Å². The highest BCUT2D eigenvalue weighted by molar-refractivity contribution is 6.10. The van der Waals surface area contributed by atoms with E-state index < -0.39 is 0 Å². The van der Waals surface area contributed by atoms with Gasteiger partial charge in [-0.15, -0.1) is 0 Å². The lowest BCUT2D eigenvalue weighted by molar-refractivity contribution is 0.131. The van der Waals surface area contributed by atoms with E-state index in [-0.39, 0.29) is 0 Å². The van der Waals surface area contributed by atoms with Crippen molar-refractivity contribution in [3.05, 3.63) is 29.3 Å². The average molecular weight is 191 g/mol. The van der Waals surface area contributed by atoms with E-state index in [1.54, 1.807) is 0 Å². The SMILES string of the molecule is C1=C2COCN=C2[CH+]C2=C1COCN2. The number of aliphatic imine (C=N–C) groups is 1. The molecule has 0 fully saturated rings. The van der Waals surface area contributed by atoms with Crippen molar-refractivity contribution in [1.29, 1.82) is 0 Å². The van der Waals surface area contributed by atoms with Crippen LogP contribution >= 0.6 is 0 Å². The summed E-state index contributed by atoms with van der Waals surface area (Å²) >= 11 is 0. The van der Waals surface area contributed by atoms with Gasteiger partial charge in [-0.05, 0) is 0 Å². The Balaban J connectivity index is 1.97. The maximum Gasteiger partial charge on any atom is 0.178 e. The number of hydrogen-bond acceptors (Lipinski definition) is 4. The first-order chi connectivity index (χ1) is 6.93. The smallest absolute Gasteiger partial charge is 0.178 e. The molecule has 0 aromatic carbocycles. The molecule has 0 saturated carbocycles. The van der Waals surface area contributed by atoms with Crippen LogP contribution in [-0.2, 0) is 9.47 Å². The summed E-state index contributed by atoms with van der Waals surface area (Å²) in [4.78, 5) is 4.30. The molecule has 0 radical (unpaired) electrons. The van der Waals surface area contributed by atoms with Crippen LogP contribution in [0.1, 0.15) is 0 Å². The van der Waals surface area contributed by atoms with Gasteiger partial charge in [-0.2, -0.15) is 0 Å². The highest BCUT2D eigenvalue weighted by Crippen LogP contribution is 2.24. The lowest BCUT2D eigenvalue weighted by Gasteiger charge is -2.21. The minimum absolute atomic E-state index is 0.474. The van der Waals surface area contributed by atoms with Crippen molar-refractivity contribution in [3.8, 4) is 0 Å². The van der Waals surface area contributed by atoms with E-state index in [1.807, 2.05) is 0 Å². The summed E-state index contributed by atoms with van der Waals surface area (Å²) < 4.78 is 10.6. The molecule has 2 heterocycles. The van der Waals surface area contributed by atoms with Crippen molar-refractivity contribution in [2.45, 2.75) is 0 Å². The number of hydrogen-bond donors (Lipinski definition) is 1. The van der Waals surface area contributed by atoms with Gasteiger partial charge in [0.25, 0.3) is 0 Å². The maximum atomic E-state index is 5.30. The number of nitrogens with zero attached hydrogens (tertiary/aromatic N) is 1. The van der Waals surface area contributed by atoms with Crippen molar-refractivity contribution < 1.29 is 9.47 Å². The molecule has 3 rings (SSSR count). The van der Waals surface area contributed by atoms with Crippen LogP contribution < -0.4 is 5.32 Å². The molecular formula is C10H11N2O2+. The Kier molecular flexibility index (Phi) is 1.82. The zero-order valence-electron chi connectivity index (χ0n) is 7.75. The fraction of sp³-hybridized carbons (Fsp3) is 0.400. The van der Waals surface area contributed by atoms with Crippen LogP contribution in [0.2, 0.25) is 0 Å². The Bertz CT molecular complexity index is 355. The highest BCUT2D eigenvalue weighted by Gasteiger charge is 2.31. The molecule has 1 aliphatic carbocycles. The van der Waals surface area contributed by atoms with Crippen LogP contribution in [0.15, 0.2) is 27.9 Å². The number of allylic oxidation sites excluding steroid dienone is 1. The van der Waals surface area contributed by atoms with E-state index >= 15 is 0 Å². The monoisotopic (exact) mass is 191 g/mol. The van der Waals surface area contributed by atoms with Crippen LogP contribution in [0.3, 0.4) is 0 Å². The second-order valence-corrected chi connectivity index (χ2v) is 3.44. The summed E-state index contributed by atoms with van der Waals surface area (Å²) in [7, 11) is 0. The van der Waals surface area contributed by atoms with Gasteiger partial charge in [-0.3, -0.25) is 0 Å². The van der Waals surface area contributed by atoms with Gasteiger partial charge >= 0.3 is 0 Å². The summed E-state index contributed by atoms with van der Waals surface area (Å²) in [5.41, 5.74) is 4.53. The topological polar surface area (TPSA) is 42.9 Å². The van der Waals surface area contributed by atoms with E-state index in [2.05, 4.69) is 22.8 Å². The van der Waals surface area contributed by atoms with E-state index in [0.29, 0.717) is 26.7 Å². The summed E-state index contributed by atoms with van der Waals surface area (Å²) in [5.74, 6) is 0. The van der Waals surface area contributed by atoms with Crippen LogP contribution in [0.5, 0.6) is 0 Å². The Morgan fingerprint density at radius 3 is 3.36 bits per heavy atom. The molecule has 0 spiro atoms. The molecule has 0 amide bonds. The zero-order chi connectivity index (χ0) is 9.38. The van der Waals surface area contributed by atoms with Gasteiger partial charge < -0.3 is 14.8 Å². The largest absolute Gasteiger partial charge is 0.343 e. The first-order valence-electron chi connectivity index (χ1n) is 4.66. The minimum Gasteiger partial charge on any atom is -0.343 e. The van der Waals surface area contributed by atoms with Crippen LogP contribution in [0.4, 0.5) is 0 Å². The van der Waals surface area contributed by atoms with Gasteiger partial charge in [0, 0.05) is 0 Å². The normalized spacial score (nSPS) is 25.1. The third-order valence-electron chi connectivity index (χ3n) is 2.51. The van der Waals surface area contributed by atoms with E-state index in [0.717, 1.165) is 17.0 Å². The molecule has 0 saturated heterocycles. The number of fused-ring (bicyclic) bond motifs is 1. The third kappa shape index (κ3) is 1.23. The summed E-state index contributed by atoms with van der Waals surface area (Å²) in [5, 5.41) is 3.19. The third-order valence-corrected chi connectivity index (χ3v) is 2.51. The van der Waals surface area contributed by atoms with Crippen molar-refractivity contribution in [3.63, 3.8) is 0 Å². The molecule has 4 nitrogen and oxygen atoms in total. The first-order valence-corrected chi connectivity index (χ1v) is 4.66. The predicted octanol–water partition coefficient (Wildman–Crippen LogP) is 0.391. The van der Waals surface area contributed by atoms with Gasteiger partial charge in [0.2, 0.25) is 0 Å². The van der Waals surface area contributed by atoms with Crippen LogP contribution in [-0.4, -0.2) is 32.4 Å². The number of nitrogens with one attached hydrogen (secondary N) is 1. The van der Waals surface area contributed by atoms with Gasteiger partial charge in [-0.25, -0.2) is 4.99 Å². The Hall–Kier alpha value is -1.26. The van der Waals surface area contributed by atoms with Gasteiger partial charge in [0.05, 0.1) is 12.5 Å². The summed E-state index contributed by atoms with van der Waals surface area (Å²) in [6.07, 6.45) is 4.19. The van der Waals surface area contributed by atoms with Crippen molar-refractivity contribution in [2.24, 2.45) is 4.99 Å². The number of rotatable bonds is 0. The molecule has 2 aliphatic heterocycles. The second-order valence-electron chi connectivity index (χ2n) is 3.44. The average Bonchev–Trinajstić information content (AvgIpc) is 2.26. The molecular weight excluding hydrogens is 180 g/mol. The first kappa shape index (κ1) is 8.08. The Morgan fingerprint density at radius 2 is 2.36 bits per heavy atom. The lowest BCUT2D eigenvalue weighted by atomic mass is 9.94. The quantitative estimate of drug-likeness (QED) is 0.563. The molecule has 1 N–H and O–H groups in total. The van der Waals surface area contributed by atoms with E-state index in [1.165, 1.54) is 5.57 Å². The van der Waals surface area contributed by atoms with Crippen LogP contribution in [0, 0.1) is 6.42 Å². The zero-order valence-corrected chi connectivity index (χ0v) is 7.75. The predicted molar refractivity (Wildman–Crippen MR) is 51.6 cm³/mol. The molecule has 0 unspecified atom stereocenters. The van der Waals surface area contributed by atoms with Crippen molar-refractivity contribution in [2.75, 3.05) is 26.7 Å². The van der Waals surface area contributed by atoms with Gasteiger partial charge in [0.15, 0.2) is 11.4 Å². The molecule has 14 heavy (non-hydrogen) atoms. The molecule has 3 aliphatic rings. The highest BCUT2D eigenvalue weighted by atomic mass is 16.5. The van der Waals surface area contributed by atoms with E-state index in [9.17, 15) is 0 Å². The fourth-order valence-electron chi connectivity index (χ4n) is 1.79. The summed E-state index contributed by atoms with van der Waals surface area (Å²) in [6.45, 7) is 2.40. The molecule has 4 heteroatoms. The van der Waals surface area contributed by atoms with Crippen LogP contribution in [0.25, 0.3) is 0 Å². The molecule has 72 valence electrons. The van der Waals surface area contributed by atoms with Gasteiger partial charge in [0.1, 0.15) is 37.8 Å². The number of ether oxygens (including phenoxy) is 2. The summed E-state index contributed by atoms with van der Waals surface area (Å²) in [6, 6.07) is 0. The minimum atomic E-state index is 0.474. The Labute approximate surface area is 82.3 Å².